The quantitative estimate of drug-likeness (QED) is 0.835. The molecule has 0 aliphatic rings. The van der Waals surface area contributed by atoms with Crippen LogP contribution >= 0.6 is 11.3 Å². The van der Waals surface area contributed by atoms with Crippen LogP contribution in [0.2, 0.25) is 0 Å². The molecule has 1 aromatic heterocycles. The van der Waals surface area contributed by atoms with Gasteiger partial charge in [-0.1, -0.05) is 12.1 Å². The van der Waals surface area contributed by atoms with Crippen LogP contribution in [0.1, 0.15) is 40.8 Å². The van der Waals surface area contributed by atoms with Gasteiger partial charge in [0.2, 0.25) is 0 Å². The summed E-state index contributed by atoms with van der Waals surface area (Å²) in [6, 6.07) is 9.74. The van der Waals surface area contributed by atoms with E-state index < -0.39 is 0 Å². The lowest BCUT2D eigenvalue weighted by atomic mass is 10.0. The van der Waals surface area contributed by atoms with Crippen LogP contribution in [0.4, 0.5) is 4.39 Å². The minimum atomic E-state index is -0.160. The van der Waals surface area contributed by atoms with Gasteiger partial charge in [0.15, 0.2) is 0 Å². The Bertz CT molecular complexity index is 576. The lowest BCUT2D eigenvalue weighted by molar-refractivity contribution is 0.476. The first-order valence-corrected chi connectivity index (χ1v) is 7.84. The Kier molecular flexibility index (Phi) is 4.95. The van der Waals surface area contributed by atoms with Crippen molar-refractivity contribution in [1.29, 1.82) is 0 Å². The lowest BCUT2D eigenvalue weighted by Crippen LogP contribution is -2.30. The van der Waals surface area contributed by atoms with E-state index in [1.54, 1.807) is 12.1 Å². The maximum Gasteiger partial charge on any atom is 0.123 e. The fraction of sp³-hybridized carbons (Fsp3) is 0.412. The maximum absolute atomic E-state index is 13.2. The molecular weight excluding hydrogens is 269 g/mol. The second kappa shape index (κ2) is 6.51. The average molecular weight is 291 g/mol. The molecule has 0 saturated carbocycles. The smallest absolute Gasteiger partial charge is 0.123 e. The molecule has 0 spiro atoms. The molecule has 1 heterocycles. The van der Waals surface area contributed by atoms with Crippen LogP contribution in [0, 0.1) is 19.7 Å². The van der Waals surface area contributed by atoms with E-state index in [4.69, 9.17) is 0 Å². The summed E-state index contributed by atoms with van der Waals surface area (Å²) in [5.74, 6) is -0.160. The van der Waals surface area contributed by atoms with Crippen LogP contribution in [0.5, 0.6) is 0 Å². The van der Waals surface area contributed by atoms with Crippen LogP contribution in [0.3, 0.4) is 0 Å². The summed E-state index contributed by atoms with van der Waals surface area (Å²) in [7, 11) is 0. The molecule has 0 radical (unpaired) electrons. The molecule has 20 heavy (non-hydrogen) atoms. The number of rotatable bonds is 5. The van der Waals surface area contributed by atoms with Crippen molar-refractivity contribution in [1.82, 2.24) is 5.32 Å². The number of hydrogen-bond donors (Lipinski definition) is 1. The highest BCUT2D eigenvalue weighted by atomic mass is 32.1. The highest BCUT2D eigenvalue weighted by Crippen LogP contribution is 2.26. The molecule has 0 amide bonds. The zero-order chi connectivity index (χ0) is 14.7. The molecule has 2 rings (SSSR count). The molecule has 3 heteroatoms. The van der Waals surface area contributed by atoms with Crippen molar-refractivity contribution in [2.45, 2.75) is 46.2 Å². The molecule has 0 bridgehead atoms. The van der Waals surface area contributed by atoms with E-state index >= 15 is 0 Å². The third-order valence-corrected chi connectivity index (χ3v) is 4.49. The molecule has 108 valence electrons. The molecule has 1 nitrogen and oxygen atoms in total. The molecule has 1 N–H and O–H groups in total. The first-order valence-electron chi connectivity index (χ1n) is 7.03. The van der Waals surface area contributed by atoms with Gasteiger partial charge >= 0.3 is 0 Å². The largest absolute Gasteiger partial charge is 0.307 e. The van der Waals surface area contributed by atoms with E-state index in [1.807, 2.05) is 17.4 Å². The van der Waals surface area contributed by atoms with E-state index in [1.165, 1.54) is 21.4 Å². The van der Waals surface area contributed by atoms with Crippen molar-refractivity contribution >= 4 is 11.3 Å². The van der Waals surface area contributed by atoms with Gasteiger partial charge < -0.3 is 5.32 Å². The molecule has 1 aromatic carbocycles. The number of thiophene rings is 1. The van der Waals surface area contributed by atoms with Crippen LogP contribution in [-0.4, -0.2) is 6.04 Å². The summed E-state index contributed by atoms with van der Waals surface area (Å²) in [6.07, 6.45) is 0.838. The van der Waals surface area contributed by atoms with Gasteiger partial charge in [-0.25, -0.2) is 4.39 Å². The first kappa shape index (κ1) is 15.2. The zero-order valence-corrected chi connectivity index (χ0v) is 13.4. The summed E-state index contributed by atoms with van der Waals surface area (Å²) in [5, 5.41) is 3.60. The fourth-order valence-electron chi connectivity index (χ4n) is 2.67. The van der Waals surface area contributed by atoms with Crippen LogP contribution in [0.25, 0.3) is 0 Å². The molecular formula is C17H22FNS. The number of benzene rings is 1. The SMILES string of the molecule is Cc1cc(C(C)NC(C)Cc2cccc(F)c2)c(C)s1. The van der Waals surface area contributed by atoms with Crippen LogP contribution in [0.15, 0.2) is 30.3 Å². The molecule has 2 atom stereocenters. The van der Waals surface area contributed by atoms with Crippen LogP contribution < -0.4 is 5.32 Å². The highest BCUT2D eigenvalue weighted by molar-refractivity contribution is 7.12. The van der Waals surface area contributed by atoms with Gasteiger partial charge in [0.25, 0.3) is 0 Å². The lowest BCUT2D eigenvalue weighted by Gasteiger charge is -2.20. The van der Waals surface area contributed by atoms with Gasteiger partial charge in [0.05, 0.1) is 0 Å². The standard InChI is InChI=1S/C17H22FNS/c1-11(8-15-6-5-7-16(18)10-15)19-13(3)17-9-12(2)20-14(17)4/h5-7,9-11,13,19H,8H2,1-4H3. The van der Waals surface area contributed by atoms with Gasteiger partial charge in [-0.05, 0) is 63.4 Å². The van der Waals surface area contributed by atoms with Crippen molar-refractivity contribution in [2.24, 2.45) is 0 Å². The molecule has 0 aliphatic carbocycles. The zero-order valence-electron chi connectivity index (χ0n) is 12.5. The Hall–Kier alpha value is -1.19. The summed E-state index contributed by atoms with van der Waals surface area (Å²) in [6.45, 7) is 8.65. The van der Waals surface area contributed by atoms with E-state index in [0.29, 0.717) is 12.1 Å². The van der Waals surface area contributed by atoms with Crippen molar-refractivity contribution in [2.75, 3.05) is 0 Å². The topological polar surface area (TPSA) is 12.0 Å². The number of halogens is 1. The third kappa shape index (κ3) is 3.90. The summed E-state index contributed by atoms with van der Waals surface area (Å²) < 4.78 is 13.2. The van der Waals surface area contributed by atoms with Crippen molar-refractivity contribution < 1.29 is 4.39 Å². The minimum absolute atomic E-state index is 0.160. The average Bonchev–Trinajstić information content (AvgIpc) is 2.68. The Morgan fingerprint density at radius 3 is 2.55 bits per heavy atom. The second-order valence-electron chi connectivity index (χ2n) is 5.49. The predicted molar refractivity (Wildman–Crippen MR) is 84.9 cm³/mol. The maximum atomic E-state index is 13.2. The molecule has 2 aromatic rings. The van der Waals surface area contributed by atoms with Gasteiger partial charge in [-0.3, -0.25) is 0 Å². The normalized spacial score (nSPS) is 14.2. The summed E-state index contributed by atoms with van der Waals surface area (Å²) in [5.41, 5.74) is 2.41. The van der Waals surface area contributed by atoms with E-state index in [2.05, 4.69) is 39.1 Å². The van der Waals surface area contributed by atoms with E-state index in [9.17, 15) is 4.39 Å². The summed E-state index contributed by atoms with van der Waals surface area (Å²) >= 11 is 1.84. The number of aryl methyl sites for hydroxylation is 2. The molecule has 0 saturated heterocycles. The van der Waals surface area contributed by atoms with E-state index in [0.717, 1.165) is 12.0 Å². The number of nitrogens with one attached hydrogen (secondary N) is 1. The minimum Gasteiger partial charge on any atom is -0.307 e. The monoisotopic (exact) mass is 291 g/mol. The van der Waals surface area contributed by atoms with Crippen molar-refractivity contribution in [3.05, 3.63) is 57.0 Å². The predicted octanol–water partition coefficient (Wildman–Crippen LogP) is 4.79. The number of hydrogen-bond acceptors (Lipinski definition) is 2. The Morgan fingerprint density at radius 1 is 1.20 bits per heavy atom. The Balaban J connectivity index is 1.97. The Labute approximate surface area is 124 Å². The van der Waals surface area contributed by atoms with Gasteiger partial charge in [-0.15, -0.1) is 11.3 Å². The van der Waals surface area contributed by atoms with Crippen molar-refractivity contribution in [3.8, 4) is 0 Å². The van der Waals surface area contributed by atoms with Crippen LogP contribution in [-0.2, 0) is 6.42 Å². The molecule has 0 fully saturated rings. The highest BCUT2D eigenvalue weighted by Gasteiger charge is 2.14. The molecule has 0 aliphatic heterocycles. The fourth-order valence-corrected chi connectivity index (χ4v) is 3.70. The molecule has 2 unspecified atom stereocenters. The second-order valence-corrected chi connectivity index (χ2v) is 6.95. The third-order valence-electron chi connectivity index (χ3n) is 3.51. The van der Waals surface area contributed by atoms with Gasteiger partial charge in [-0.2, -0.15) is 0 Å². The first-order chi connectivity index (χ1) is 9.45. The Morgan fingerprint density at radius 2 is 1.95 bits per heavy atom. The van der Waals surface area contributed by atoms with Crippen molar-refractivity contribution in [3.63, 3.8) is 0 Å². The summed E-state index contributed by atoms with van der Waals surface area (Å²) in [4.78, 5) is 2.73. The van der Waals surface area contributed by atoms with E-state index in [-0.39, 0.29) is 5.82 Å². The van der Waals surface area contributed by atoms with Gasteiger partial charge in [0, 0.05) is 21.8 Å². The van der Waals surface area contributed by atoms with Gasteiger partial charge in [0.1, 0.15) is 5.82 Å².